The van der Waals surface area contributed by atoms with E-state index in [-0.39, 0.29) is 49.4 Å². The zero-order chi connectivity index (χ0) is 26.0. The molecule has 1 N–H and O–H groups in total. The van der Waals surface area contributed by atoms with Crippen LogP contribution in [-0.4, -0.2) is 95.8 Å². The Labute approximate surface area is 204 Å². The molecular weight excluding hydrogens is 485 g/mol. The number of ether oxygens (including phenoxy) is 1. The van der Waals surface area contributed by atoms with Crippen LogP contribution < -0.4 is 10.1 Å². The summed E-state index contributed by atoms with van der Waals surface area (Å²) in [7, 11) is 0. The van der Waals surface area contributed by atoms with Crippen molar-refractivity contribution in [1.82, 2.24) is 20.0 Å². The first-order chi connectivity index (χ1) is 17.0. The quantitative estimate of drug-likeness (QED) is 0.429. The molecule has 0 aliphatic carbocycles. The van der Waals surface area contributed by atoms with Crippen LogP contribution in [-0.2, 0) is 14.4 Å². The predicted octanol–water partition coefficient (Wildman–Crippen LogP) is 0.953. The van der Waals surface area contributed by atoms with Crippen LogP contribution in [0, 0.1) is 0 Å². The predicted molar refractivity (Wildman–Crippen MR) is 117 cm³/mol. The van der Waals surface area contributed by atoms with Gasteiger partial charge >= 0.3 is 6.18 Å². The molecule has 1 aromatic carbocycles. The fourth-order valence-corrected chi connectivity index (χ4v) is 4.58. The Morgan fingerprint density at radius 1 is 1.06 bits per heavy atom. The third kappa shape index (κ3) is 5.50. The minimum atomic E-state index is -4.52. The number of benzene rings is 1. The lowest BCUT2D eigenvalue weighted by atomic mass is 10.0. The van der Waals surface area contributed by atoms with Gasteiger partial charge in [-0.25, -0.2) is 0 Å². The second-order valence-corrected chi connectivity index (χ2v) is 8.84. The summed E-state index contributed by atoms with van der Waals surface area (Å²) in [5.41, 5.74) is 0.200. The fourth-order valence-electron chi connectivity index (χ4n) is 4.58. The molecule has 0 saturated carbocycles. The molecule has 4 rings (SSSR count). The first-order valence-electron chi connectivity index (χ1n) is 11.6. The Balaban J connectivity index is 1.28. The van der Waals surface area contributed by atoms with Crippen LogP contribution in [0.4, 0.5) is 13.2 Å². The fraction of sp³-hybridized carbons (Fsp3) is 0.522. The molecule has 0 bridgehead atoms. The van der Waals surface area contributed by atoms with Gasteiger partial charge in [0.15, 0.2) is 0 Å². The van der Waals surface area contributed by atoms with E-state index >= 15 is 0 Å². The van der Waals surface area contributed by atoms with E-state index in [1.165, 1.54) is 11.0 Å². The number of hydrogen-bond acceptors (Lipinski definition) is 7. The van der Waals surface area contributed by atoms with Crippen molar-refractivity contribution >= 4 is 29.5 Å². The monoisotopic (exact) mass is 510 g/mol. The number of carbonyl (C=O) groups excluding carboxylic acids is 5. The van der Waals surface area contributed by atoms with Crippen molar-refractivity contribution in [3.05, 3.63) is 29.3 Å². The van der Waals surface area contributed by atoms with E-state index in [4.69, 9.17) is 4.74 Å². The van der Waals surface area contributed by atoms with Crippen LogP contribution in [0.1, 0.15) is 46.4 Å². The van der Waals surface area contributed by atoms with Crippen molar-refractivity contribution in [1.29, 1.82) is 0 Å². The number of nitrogens with zero attached hydrogens (tertiary/aromatic N) is 3. The van der Waals surface area contributed by atoms with E-state index in [0.29, 0.717) is 26.1 Å². The minimum absolute atomic E-state index is 0.0257. The number of piperazine rings is 1. The highest BCUT2D eigenvalue weighted by molar-refractivity contribution is 6.24. The Morgan fingerprint density at radius 2 is 1.78 bits per heavy atom. The van der Waals surface area contributed by atoms with Crippen molar-refractivity contribution in [2.45, 2.75) is 37.9 Å². The molecule has 5 amide bonds. The summed E-state index contributed by atoms with van der Waals surface area (Å²) >= 11 is 0. The number of piperidine rings is 1. The van der Waals surface area contributed by atoms with E-state index in [1.54, 1.807) is 12.1 Å². The maximum absolute atomic E-state index is 13.1. The largest absolute Gasteiger partial charge is 0.493 e. The van der Waals surface area contributed by atoms with Gasteiger partial charge in [-0.1, -0.05) is 6.07 Å². The van der Waals surface area contributed by atoms with Crippen LogP contribution in [0.25, 0.3) is 0 Å². The molecule has 0 radical (unpaired) electrons. The molecule has 10 nitrogen and oxygen atoms in total. The molecule has 0 aromatic heterocycles. The second-order valence-electron chi connectivity index (χ2n) is 8.84. The Kier molecular flexibility index (Phi) is 7.29. The SMILES string of the molecule is O=C1CCC(N2C(=O)c3cccc(OCCCN4CCN(C(=O)CC(F)(F)F)CC4)c3C2=O)C(=O)N1. The smallest absolute Gasteiger partial charge is 0.397 e. The van der Waals surface area contributed by atoms with Crippen LogP contribution in [0.3, 0.4) is 0 Å². The number of imide groups is 2. The van der Waals surface area contributed by atoms with Gasteiger partial charge < -0.3 is 9.64 Å². The maximum Gasteiger partial charge on any atom is 0.397 e. The highest BCUT2D eigenvalue weighted by Gasteiger charge is 2.46. The topological polar surface area (TPSA) is 116 Å². The van der Waals surface area contributed by atoms with Gasteiger partial charge in [0.2, 0.25) is 17.7 Å². The highest BCUT2D eigenvalue weighted by Crippen LogP contribution is 2.33. The van der Waals surface area contributed by atoms with Gasteiger partial charge in [0, 0.05) is 39.1 Å². The number of hydrogen-bond donors (Lipinski definition) is 1. The maximum atomic E-state index is 13.1. The van der Waals surface area contributed by atoms with Gasteiger partial charge in [0.1, 0.15) is 18.2 Å². The molecule has 1 aromatic rings. The van der Waals surface area contributed by atoms with Crippen molar-refractivity contribution < 1.29 is 41.9 Å². The normalized spacial score (nSPS) is 21.0. The lowest BCUT2D eigenvalue weighted by Crippen LogP contribution is -2.54. The van der Waals surface area contributed by atoms with Gasteiger partial charge in [-0.05, 0) is 25.0 Å². The standard InChI is InChI=1S/C23H25F3N4O6/c24-23(25,26)13-18(32)29-10-8-28(9-11-29)7-2-12-36-16-4-1-3-14-19(16)22(35)30(21(14)34)15-5-6-17(31)27-20(15)33/h1,3-4,15H,2,5-13H2,(H,27,31,33). The summed E-state index contributed by atoms with van der Waals surface area (Å²) in [5.74, 6) is -3.13. The molecule has 2 saturated heterocycles. The molecule has 2 fully saturated rings. The molecular formula is C23H25F3N4O6. The lowest BCUT2D eigenvalue weighted by Gasteiger charge is -2.34. The van der Waals surface area contributed by atoms with Crippen LogP contribution in [0.5, 0.6) is 5.75 Å². The second kappa shape index (κ2) is 10.2. The van der Waals surface area contributed by atoms with Crippen molar-refractivity contribution in [2.24, 2.45) is 0 Å². The van der Waals surface area contributed by atoms with E-state index < -0.39 is 48.2 Å². The summed E-state index contributed by atoms with van der Waals surface area (Å²) in [6, 6.07) is 3.55. The van der Waals surface area contributed by atoms with Gasteiger partial charge in [0.05, 0.1) is 17.7 Å². The molecule has 13 heteroatoms. The molecule has 0 spiro atoms. The van der Waals surface area contributed by atoms with Gasteiger partial charge in [0.25, 0.3) is 11.8 Å². The molecule has 3 heterocycles. The Morgan fingerprint density at radius 3 is 2.44 bits per heavy atom. The Bertz CT molecular complexity index is 1080. The number of amides is 5. The van der Waals surface area contributed by atoms with Crippen molar-refractivity contribution in [3.63, 3.8) is 0 Å². The summed E-state index contributed by atoms with van der Waals surface area (Å²) in [6.45, 7) is 2.11. The third-order valence-corrected chi connectivity index (χ3v) is 6.38. The first kappa shape index (κ1) is 25.6. The van der Waals surface area contributed by atoms with Gasteiger partial charge in [-0.15, -0.1) is 0 Å². The Hall–Kier alpha value is -3.48. The third-order valence-electron chi connectivity index (χ3n) is 6.38. The molecule has 1 atom stereocenters. The zero-order valence-electron chi connectivity index (χ0n) is 19.3. The van der Waals surface area contributed by atoms with Crippen LogP contribution >= 0.6 is 0 Å². The molecule has 36 heavy (non-hydrogen) atoms. The van der Waals surface area contributed by atoms with Crippen molar-refractivity contribution in [2.75, 3.05) is 39.3 Å². The average molecular weight is 510 g/mol. The van der Waals surface area contributed by atoms with Crippen molar-refractivity contribution in [3.8, 4) is 5.75 Å². The van der Waals surface area contributed by atoms with Crippen LogP contribution in [0.15, 0.2) is 18.2 Å². The average Bonchev–Trinajstić information content (AvgIpc) is 3.07. The van der Waals surface area contributed by atoms with E-state index in [1.807, 2.05) is 4.90 Å². The minimum Gasteiger partial charge on any atom is -0.493 e. The first-order valence-corrected chi connectivity index (χ1v) is 11.6. The number of carbonyl (C=O) groups is 5. The number of nitrogens with one attached hydrogen (secondary N) is 1. The molecule has 3 aliphatic heterocycles. The van der Waals surface area contributed by atoms with E-state index in [2.05, 4.69) is 5.32 Å². The summed E-state index contributed by atoms with van der Waals surface area (Å²) in [6.07, 6.45) is -5.35. The van der Waals surface area contributed by atoms with E-state index in [0.717, 1.165) is 4.90 Å². The molecule has 1 unspecified atom stereocenters. The molecule has 3 aliphatic rings. The number of halogens is 3. The summed E-state index contributed by atoms with van der Waals surface area (Å²) in [5, 5.41) is 2.15. The number of alkyl halides is 3. The lowest BCUT2D eigenvalue weighted by molar-refractivity contribution is -0.162. The van der Waals surface area contributed by atoms with Gasteiger partial charge in [-0.3, -0.25) is 39.1 Å². The van der Waals surface area contributed by atoms with Gasteiger partial charge in [-0.2, -0.15) is 13.2 Å². The number of fused-ring (bicyclic) bond motifs is 1. The van der Waals surface area contributed by atoms with Crippen LogP contribution in [0.2, 0.25) is 0 Å². The summed E-state index contributed by atoms with van der Waals surface area (Å²) in [4.78, 5) is 65.4. The number of rotatable bonds is 7. The summed E-state index contributed by atoms with van der Waals surface area (Å²) < 4.78 is 43.0. The zero-order valence-corrected chi connectivity index (χ0v) is 19.3. The van der Waals surface area contributed by atoms with E-state index in [9.17, 15) is 37.1 Å². The highest BCUT2D eigenvalue weighted by atomic mass is 19.4. The molecule has 194 valence electrons.